The minimum atomic E-state index is -0.0835. The number of carbonyl (C=O) groups is 1. The smallest absolute Gasteiger partial charge is 0.223 e. The summed E-state index contributed by atoms with van der Waals surface area (Å²) in [5.74, 6) is 0.608. The second kappa shape index (κ2) is 8.44. The lowest BCUT2D eigenvalue weighted by Gasteiger charge is -2.05. The SMILES string of the molecule is N#CCCC(=O)Cc1nnc(Cc2ccc3cc(-c4ccccc4)ccc3n2)o1. The molecule has 0 radical (unpaired) electrons. The van der Waals surface area contributed by atoms with E-state index in [1.165, 1.54) is 5.56 Å². The molecule has 0 atom stereocenters. The van der Waals surface area contributed by atoms with Crippen LogP contribution in [0.2, 0.25) is 0 Å². The van der Waals surface area contributed by atoms with Crippen molar-refractivity contribution in [1.29, 1.82) is 5.26 Å². The highest BCUT2D eigenvalue weighted by Crippen LogP contribution is 2.24. The van der Waals surface area contributed by atoms with Crippen LogP contribution in [-0.4, -0.2) is 21.0 Å². The fraction of sp³-hybridized carbons (Fsp3) is 0.174. The molecule has 2 aromatic carbocycles. The van der Waals surface area contributed by atoms with Gasteiger partial charge in [0.2, 0.25) is 11.8 Å². The van der Waals surface area contributed by atoms with E-state index in [2.05, 4.69) is 39.4 Å². The molecular formula is C23H18N4O2. The average molecular weight is 382 g/mol. The zero-order valence-corrected chi connectivity index (χ0v) is 15.7. The van der Waals surface area contributed by atoms with E-state index in [0.717, 1.165) is 22.2 Å². The highest BCUT2D eigenvalue weighted by atomic mass is 16.4. The number of fused-ring (bicyclic) bond motifs is 1. The summed E-state index contributed by atoms with van der Waals surface area (Å²) in [5, 5.41) is 17.5. The number of pyridine rings is 1. The van der Waals surface area contributed by atoms with E-state index in [-0.39, 0.29) is 30.9 Å². The van der Waals surface area contributed by atoms with Crippen molar-refractivity contribution in [2.24, 2.45) is 0 Å². The number of hydrogen-bond acceptors (Lipinski definition) is 6. The molecule has 6 heteroatoms. The quantitative estimate of drug-likeness (QED) is 0.473. The maximum atomic E-state index is 11.7. The molecule has 0 bridgehead atoms. The van der Waals surface area contributed by atoms with E-state index in [1.807, 2.05) is 42.5 Å². The number of carbonyl (C=O) groups excluding carboxylic acids is 1. The van der Waals surface area contributed by atoms with Gasteiger partial charge in [-0.25, -0.2) is 0 Å². The van der Waals surface area contributed by atoms with Crippen LogP contribution in [0.25, 0.3) is 22.0 Å². The fourth-order valence-corrected chi connectivity index (χ4v) is 3.11. The Balaban J connectivity index is 1.48. The van der Waals surface area contributed by atoms with Crippen LogP contribution in [0.1, 0.15) is 30.3 Å². The molecule has 2 aromatic heterocycles. The molecule has 0 amide bonds. The van der Waals surface area contributed by atoms with E-state index in [4.69, 9.17) is 9.68 Å². The van der Waals surface area contributed by atoms with Crippen molar-refractivity contribution in [1.82, 2.24) is 15.2 Å². The van der Waals surface area contributed by atoms with Crippen LogP contribution in [0.3, 0.4) is 0 Å². The molecule has 0 saturated heterocycles. The van der Waals surface area contributed by atoms with E-state index < -0.39 is 0 Å². The van der Waals surface area contributed by atoms with Gasteiger partial charge >= 0.3 is 0 Å². The molecule has 0 aliphatic carbocycles. The Hall–Kier alpha value is -3.85. The van der Waals surface area contributed by atoms with Crippen LogP contribution in [0.4, 0.5) is 0 Å². The number of nitriles is 1. The van der Waals surface area contributed by atoms with Gasteiger partial charge in [0.1, 0.15) is 5.78 Å². The van der Waals surface area contributed by atoms with Crippen LogP contribution >= 0.6 is 0 Å². The number of hydrogen-bond donors (Lipinski definition) is 0. The third-order valence-corrected chi connectivity index (χ3v) is 4.56. The number of nitrogens with zero attached hydrogens (tertiary/aromatic N) is 4. The van der Waals surface area contributed by atoms with Gasteiger partial charge in [-0.15, -0.1) is 10.2 Å². The molecule has 4 aromatic rings. The minimum absolute atomic E-state index is 0.0576. The largest absolute Gasteiger partial charge is 0.424 e. The van der Waals surface area contributed by atoms with Gasteiger partial charge in [-0.1, -0.05) is 42.5 Å². The summed E-state index contributed by atoms with van der Waals surface area (Å²) in [5.41, 5.74) is 4.03. The lowest BCUT2D eigenvalue weighted by molar-refractivity contribution is -0.118. The Morgan fingerprint density at radius 1 is 0.966 bits per heavy atom. The van der Waals surface area contributed by atoms with Crippen LogP contribution in [0.5, 0.6) is 0 Å². The zero-order chi connectivity index (χ0) is 20.1. The molecule has 0 spiro atoms. The molecule has 0 saturated carbocycles. The van der Waals surface area contributed by atoms with Crippen molar-refractivity contribution in [2.75, 3.05) is 0 Å². The first-order valence-corrected chi connectivity index (χ1v) is 9.36. The highest BCUT2D eigenvalue weighted by molar-refractivity contribution is 5.84. The van der Waals surface area contributed by atoms with E-state index in [0.29, 0.717) is 12.3 Å². The van der Waals surface area contributed by atoms with Gasteiger partial charge in [0.15, 0.2) is 0 Å². The maximum absolute atomic E-state index is 11.7. The third kappa shape index (κ3) is 4.53. The van der Waals surface area contributed by atoms with Crippen molar-refractivity contribution in [3.8, 4) is 17.2 Å². The summed E-state index contributed by atoms with van der Waals surface area (Å²) in [7, 11) is 0. The molecular weight excluding hydrogens is 364 g/mol. The Morgan fingerprint density at radius 3 is 2.62 bits per heavy atom. The normalized spacial score (nSPS) is 10.7. The van der Waals surface area contributed by atoms with Crippen LogP contribution in [0, 0.1) is 11.3 Å². The molecule has 0 aliphatic rings. The summed E-state index contributed by atoms with van der Waals surface area (Å²) in [6.45, 7) is 0. The molecule has 0 unspecified atom stereocenters. The van der Waals surface area contributed by atoms with Crippen LogP contribution in [-0.2, 0) is 17.6 Å². The standard InChI is InChI=1S/C23H18N4O2/c24-12-4-7-20(28)15-23-27-26-22(29-23)14-19-10-8-18-13-17(9-11-21(18)25-19)16-5-2-1-3-6-16/h1-3,5-6,8-11,13H,4,7,14-15H2. The summed E-state index contributed by atoms with van der Waals surface area (Å²) in [4.78, 5) is 16.4. The van der Waals surface area contributed by atoms with Gasteiger partial charge in [0, 0.05) is 18.2 Å². The van der Waals surface area contributed by atoms with Crippen LogP contribution in [0.15, 0.2) is 65.1 Å². The molecule has 0 fully saturated rings. The number of ketones is 1. The first-order chi connectivity index (χ1) is 14.2. The molecule has 6 nitrogen and oxygen atoms in total. The van der Waals surface area contributed by atoms with Gasteiger partial charge in [-0.05, 0) is 29.3 Å². The van der Waals surface area contributed by atoms with Crippen molar-refractivity contribution in [2.45, 2.75) is 25.7 Å². The summed E-state index contributed by atoms with van der Waals surface area (Å²) in [6.07, 6.45) is 0.857. The molecule has 0 N–H and O–H groups in total. The summed E-state index contributed by atoms with van der Waals surface area (Å²) < 4.78 is 5.56. The van der Waals surface area contributed by atoms with Crippen LogP contribution < -0.4 is 0 Å². The van der Waals surface area contributed by atoms with Gasteiger partial charge in [-0.2, -0.15) is 5.26 Å². The van der Waals surface area contributed by atoms with Gasteiger partial charge in [0.05, 0.1) is 30.1 Å². The number of rotatable bonds is 7. The number of Topliss-reactive ketones (excluding diaryl/α,β-unsaturated/α-hetero) is 1. The molecule has 142 valence electrons. The Bertz CT molecular complexity index is 1190. The second-order valence-corrected chi connectivity index (χ2v) is 6.72. The van der Waals surface area contributed by atoms with E-state index in [9.17, 15) is 4.79 Å². The Morgan fingerprint density at radius 2 is 1.79 bits per heavy atom. The van der Waals surface area contributed by atoms with Gasteiger partial charge in [-0.3, -0.25) is 9.78 Å². The predicted molar refractivity (Wildman–Crippen MR) is 108 cm³/mol. The number of aromatic nitrogens is 3. The molecule has 2 heterocycles. The van der Waals surface area contributed by atoms with Crippen molar-refractivity contribution < 1.29 is 9.21 Å². The van der Waals surface area contributed by atoms with Crippen molar-refractivity contribution >= 4 is 16.7 Å². The van der Waals surface area contributed by atoms with Crippen molar-refractivity contribution in [3.05, 3.63) is 78.1 Å². The second-order valence-electron chi connectivity index (χ2n) is 6.72. The molecule has 29 heavy (non-hydrogen) atoms. The summed E-state index contributed by atoms with van der Waals surface area (Å²) >= 11 is 0. The average Bonchev–Trinajstić information content (AvgIpc) is 3.19. The summed E-state index contributed by atoms with van der Waals surface area (Å²) in [6, 6.07) is 22.3. The lowest BCUT2D eigenvalue weighted by atomic mass is 10.0. The predicted octanol–water partition coefficient (Wildman–Crippen LogP) is 4.29. The van der Waals surface area contributed by atoms with E-state index in [1.54, 1.807) is 0 Å². The topological polar surface area (TPSA) is 92.7 Å². The number of benzene rings is 2. The monoisotopic (exact) mass is 382 g/mol. The lowest BCUT2D eigenvalue weighted by Crippen LogP contribution is -2.02. The van der Waals surface area contributed by atoms with Gasteiger partial charge < -0.3 is 4.42 Å². The Kier molecular flexibility index (Phi) is 5.39. The Labute approximate surface area is 167 Å². The first-order valence-electron chi connectivity index (χ1n) is 9.36. The van der Waals surface area contributed by atoms with Gasteiger partial charge in [0.25, 0.3) is 0 Å². The first kappa shape index (κ1) is 18.5. The zero-order valence-electron chi connectivity index (χ0n) is 15.7. The minimum Gasteiger partial charge on any atom is -0.424 e. The third-order valence-electron chi connectivity index (χ3n) is 4.56. The molecule has 4 rings (SSSR count). The van der Waals surface area contributed by atoms with Crippen molar-refractivity contribution in [3.63, 3.8) is 0 Å². The highest BCUT2D eigenvalue weighted by Gasteiger charge is 2.12. The molecule has 0 aliphatic heterocycles. The van der Waals surface area contributed by atoms with E-state index >= 15 is 0 Å². The fourth-order valence-electron chi connectivity index (χ4n) is 3.11. The maximum Gasteiger partial charge on any atom is 0.223 e.